The zero-order valence-electron chi connectivity index (χ0n) is 13.1. The van der Waals surface area contributed by atoms with Gasteiger partial charge >= 0.3 is 0 Å². The van der Waals surface area contributed by atoms with Crippen molar-refractivity contribution in [3.8, 4) is 11.1 Å². The van der Waals surface area contributed by atoms with Crippen molar-refractivity contribution in [1.29, 1.82) is 0 Å². The van der Waals surface area contributed by atoms with Crippen molar-refractivity contribution in [2.24, 2.45) is 0 Å². The smallest absolute Gasteiger partial charge is 0.252 e. The first-order chi connectivity index (χ1) is 10.9. The average molecular weight is 366 g/mol. The van der Waals surface area contributed by atoms with Gasteiger partial charge < -0.3 is 5.32 Å². The van der Waals surface area contributed by atoms with Gasteiger partial charge in [-0.1, -0.05) is 47.5 Å². The van der Waals surface area contributed by atoms with Gasteiger partial charge in [-0.2, -0.15) is 0 Å². The van der Waals surface area contributed by atoms with Gasteiger partial charge in [-0.25, -0.2) is 0 Å². The first-order valence-corrected chi connectivity index (χ1v) is 8.99. The van der Waals surface area contributed by atoms with E-state index < -0.39 is 0 Å². The maximum Gasteiger partial charge on any atom is 0.252 e. The van der Waals surface area contributed by atoms with Crippen molar-refractivity contribution in [3.05, 3.63) is 63.0 Å². The summed E-state index contributed by atoms with van der Waals surface area (Å²) in [4.78, 5) is 13.4. The van der Waals surface area contributed by atoms with E-state index >= 15 is 0 Å². The van der Waals surface area contributed by atoms with Gasteiger partial charge in [-0.05, 0) is 48.8 Å². The van der Waals surface area contributed by atoms with E-state index in [9.17, 15) is 4.79 Å². The van der Waals surface area contributed by atoms with Crippen molar-refractivity contribution >= 4 is 46.6 Å². The molecule has 2 rings (SSSR count). The highest BCUT2D eigenvalue weighted by atomic mass is 35.5. The minimum absolute atomic E-state index is 0.107. The summed E-state index contributed by atoms with van der Waals surface area (Å²) in [6.07, 6.45) is 1.95. The third kappa shape index (κ3) is 4.31. The second-order valence-corrected chi connectivity index (χ2v) is 6.85. The number of allylic oxidation sites excluding steroid dienone is 1. The summed E-state index contributed by atoms with van der Waals surface area (Å²) in [5.41, 5.74) is 3.25. The molecule has 0 heterocycles. The standard InChI is InChI=1S/C18H17Cl2NOS/c1-11(12(2)23-3)18(22)21-17-7-5-4-6-14(17)13-8-9-15(19)16(20)10-13/h4-10H,1-3H3,(H,21,22)/b12-11+. The third-order valence-corrected chi connectivity index (χ3v) is 5.24. The number of anilines is 1. The number of para-hydroxylation sites is 1. The lowest BCUT2D eigenvalue weighted by atomic mass is 10.0. The topological polar surface area (TPSA) is 29.1 Å². The van der Waals surface area contributed by atoms with Crippen LogP contribution in [0, 0.1) is 0 Å². The zero-order chi connectivity index (χ0) is 17.0. The number of nitrogens with one attached hydrogen (secondary N) is 1. The monoisotopic (exact) mass is 365 g/mol. The SMILES string of the molecule is CS/C(C)=C(\C)C(=O)Nc1ccccc1-c1ccc(Cl)c(Cl)c1. The quantitative estimate of drug-likeness (QED) is 0.648. The van der Waals surface area contributed by atoms with Crippen LogP contribution in [0.2, 0.25) is 10.0 Å². The van der Waals surface area contributed by atoms with Gasteiger partial charge in [0.05, 0.1) is 10.0 Å². The van der Waals surface area contributed by atoms with Crippen LogP contribution in [0.15, 0.2) is 52.9 Å². The van der Waals surface area contributed by atoms with Crippen molar-refractivity contribution < 1.29 is 4.79 Å². The van der Waals surface area contributed by atoms with Crippen LogP contribution in [0.3, 0.4) is 0 Å². The highest BCUT2D eigenvalue weighted by Crippen LogP contribution is 2.33. The first kappa shape index (κ1) is 17.9. The van der Waals surface area contributed by atoms with Crippen LogP contribution < -0.4 is 5.32 Å². The van der Waals surface area contributed by atoms with E-state index in [-0.39, 0.29) is 5.91 Å². The molecule has 2 nitrogen and oxygen atoms in total. The molecule has 0 spiro atoms. The van der Waals surface area contributed by atoms with Gasteiger partial charge in [0.2, 0.25) is 0 Å². The zero-order valence-corrected chi connectivity index (χ0v) is 15.4. The second-order valence-electron chi connectivity index (χ2n) is 5.01. The van der Waals surface area contributed by atoms with Crippen LogP contribution in [-0.4, -0.2) is 12.2 Å². The molecule has 2 aromatic rings. The second kappa shape index (κ2) is 7.91. The summed E-state index contributed by atoms with van der Waals surface area (Å²) in [5.74, 6) is -0.107. The molecule has 0 bridgehead atoms. The molecule has 23 heavy (non-hydrogen) atoms. The van der Waals surface area contributed by atoms with Crippen LogP contribution in [0.5, 0.6) is 0 Å². The highest BCUT2D eigenvalue weighted by molar-refractivity contribution is 8.02. The molecule has 1 amide bonds. The maximum absolute atomic E-state index is 12.4. The summed E-state index contributed by atoms with van der Waals surface area (Å²) in [7, 11) is 0. The van der Waals surface area contributed by atoms with Crippen LogP contribution in [0.25, 0.3) is 11.1 Å². The van der Waals surface area contributed by atoms with Gasteiger partial charge in [-0.3, -0.25) is 4.79 Å². The Labute approximate surface area is 150 Å². The van der Waals surface area contributed by atoms with Gasteiger partial charge in [0.1, 0.15) is 0 Å². The van der Waals surface area contributed by atoms with Crippen molar-refractivity contribution in [2.45, 2.75) is 13.8 Å². The Morgan fingerprint density at radius 3 is 2.39 bits per heavy atom. The molecule has 0 saturated heterocycles. The Kier molecular flexibility index (Phi) is 6.17. The fraction of sp³-hybridized carbons (Fsp3) is 0.167. The Morgan fingerprint density at radius 1 is 1.04 bits per heavy atom. The summed E-state index contributed by atoms with van der Waals surface area (Å²) in [5, 5.41) is 3.96. The molecule has 0 unspecified atom stereocenters. The van der Waals surface area contributed by atoms with E-state index in [1.807, 2.05) is 50.4 Å². The molecule has 1 N–H and O–H groups in total. The number of carbonyl (C=O) groups is 1. The van der Waals surface area contributed by atoms with Gasteiger partial charge in [0.15, 0.2) is 0 Å². The Morgan fingerprint density at radius 2 is 1.74 bits per heavy atom. The van der Waals surface area contributed by atoms with E-state index in [1.165, 1.54) is 0 Å². The number of thioether (sulfide) groups is 1. The lowest BCUT2D eigenvalue weighted by Gasteiger charge is -2.13. The molecule has 0 aliphatic rings. The average Bonchev–Trinajstić information content (AvgIpc) is 2.56. The summed E-state index contributed by atoms with van der Waals surface area (Å²) in [6.45, 7) is 3.76. The molecular weight excluding hydrogens is 349 g/mol. The summed E-state index contributed by atoms with van der Waals surface area (Å²) < 4.78 is 0. The number of rotatable bonds is 4. The number of hydrogen-bond acceptors (Lipinski definition) is 2. The van der Waals surface area contributed by atoms with E-state index in [2.05, 4.69) is 5.32 Å². The molecular formula is C18H17Cl2NOS. The minimum atomic E-state index is -0.107. The minimum Gasteiger partial charge on any atom is -0.322 e. The molecule has 5 heteroatoms. The fourth-order valence-corrected chi connectivity index (χ4v) is 2.73. The Hall–Kier alpha value is -1.42. The molecule has 2 aromatic carbocycles. The number of hydrogen-bond donors (Lipinski definition) is 1. The molecule has 0 aromatic heterocycles. The van der Waals surface area contributed by atoms with E-state index in [0.717, 1.165) is 21.7 Å². The molecule has 0 atom stereocenters. The van der Waals surface area contributed by atoms with Crippen molar-refractivity contribution in [1.82, 2.24) is 0 Å². The molecule has 0 aliphatic carbocycles. The van der Waals surface area contributed by atoms with E-state index in [4.69, 9.17) is 23.2 Å². The van der Waals surface area contributed by atoms with Crippen molar-refractivity contribution in [3.63, 3.8) is 0 Å². The van der Waals surface area contributed by atoms with Crippen LogP contribution in [0.1, 0.15) is 13.8 Å². The van der Waals surface area contributed by atoms with Gasteiger partial charge in [0.25, 0.3) is 5.91 Å². The van der Waals surface area contributed by atoms with E-state index in [0.29, 0.717) is 15.6 Å². The predicted molar refractivity (Wildman–Crippen MR) is 102 cm³/mol. The van der Waals surface area contributed by atoms with E-state index in [1.54, 1.807) is 23.9 Å². The summed E-state index contributed by atoms with van der Waals surface area (Å²) >= 11 is 13.6. The molecule has 0 aliphatic heterocycles. The Balaban J connectivity index is 2.38. The molecule has 120 valence electrons. The normalized spacial score (nSPS) is 11.9. The number of amides is 1. The van der Waals surface area contributed by atoms with Gasteiger partial charge in [0, 0.05) is 16.8 Å². The first-order valence-electron chi connectivity index (χ1n) is 7.01. The lowest BCUT2D eigenvalue weighted by molar-refractivity contribution is -0.112. The fourth-order valence-electron chi connectivity index (χ4n) is 2.04. The number of halogens is 2. The van der Waals surface area contributed by atoms with Gasteiger partial charge in [-0.15, -0.1) is 11.8 Å². The highest BCUT2D eigenvalue weighted by Gasteiger charge is 2.12. The lowest BCUT2D eigenvalue weighted by Crippen LogP contribution is -2.14. The number of benzene rings is 2. The van der Waals surface area contributed by atoms with Crippen LogP contribution in [-0.2, 0) is 4.79 Å². The van der Waals surface area contributed by atoms with Crippen molar-refractivity contribution in [2.75, 3.05) is 11.6 Å². The number of carbonyl (C=O) groups excluding carboxylic acids is 1. The van der Waals surface area contributed by atoms with Crippen LogP contribution in [0.4, 0.5) is 5.69 Å². The molecule has 0 saturated carbocycles. The predicted octanol–water partition coefficient (Wildman–Crippen LogP) is 6.26. The maximum atomic E-state index is 12.4. The largest absolute Gasteiger partial charge is 0.322 e. The van der Waals surface area contributed by atoms with Crippen LogP contribution >= 0.6 is 35.0 Å². The summed E-state index contributed by atoms with van der Waals surface area (Å²) in [6, 6.07) is 13.0. The molecule has 0 fully saturated rings. The Bertz CT molecular complexity index is 771. The molecule has 0 radical (unpaired) electrons. The third-order valence-electron chi connectivity index (χ3n) is 3.58.